The Kier molecular flexibility index (Phi) is 5.25. The molecule has 1 atom stereocenters. The summed E-state index contributed by atoms with van der Waals surface area (Å²) < 4.78 is 1.03. The predicted octanol–water partition coefficient (Wildman–Crippen LogP) is 4.64. The van der Waals surface area contributed by atoms with Crippen molar-refractivity contribution in [1.29, 1.82) is 0 Å². The molecular formula is C15H15BrClNO. The topological polar surface area (TPSA) is 32.3 Å². The van der Waals surface area contributed by atoms with E-state index in [1.807, 2.05) is 42.5 Å². The smallest absolute Gasteiger partial charge is 0.0821 e. The van der Waals surface area contributed by atoms with E-state index in [2.05, 4.69) is 21.2 Å². The number of nitrogens with one attached hydrogen (secondary N) is 1. The van der Waals surface area contributed by atoms with Crippen LogP contribution in [0.15, 0.2) is 53.0 Å². The molecule has 1 unspecified atom stereocenters. The molecule has 100 valence electrons. The summed E-state index contributed by atoms with van der Waals surface area (Å²) in [6.07, 6.45) is 0.0596. The van der Waals surface area contributed by atoms with Gasteiger partial charge in [0, 0.05) is 21.7 Å². The highest BCUT2D eigenvalue weighted by Gasteiger charge is 2.10. The minimum atomic E-state index is -0.548. The maximum Gasteiger partial charge on any atom is 0.0821 e. The first kappa shape index (κ1) is 14.4. The molecule has 2 N–H and O–H groups in total. The zero-order valence-electron chi connectivity index (χ0n) is 10.3. The van der Waals surface area contributed by atoms with Crippen LogP contribution >= 0.6 is 27.5 Å². The van der Waals surface area contributed by atoms with Gasteiger partial charge in [0.25, 0.3) is 0 Å². The van der Waals surface area contributed by atoms with Crippen LogP contribution in [0, 0.1) is 0 Å². The summed E-state index contributed by atoms with van der Waals surface area (Å²) in [4.78, 5) is 0. The van der Waals surface area contributed by atoms with Crippen molar-refractivity contribution in [1.82, 2.24) is 0 Å². The monoisotopic (exact) mass is 339 g/mol. The van der Waals surface area contributed by atoms with E-state index in [4.69, 9.17) is 11.6 Å². The molecule has 0 aliphatic rings. The predicted molar refractivity (Wildman–Crippen MR) is 83.7 cm³/mol. The van der Waals surface area contributed by atoms with Crippen molar-refractivity contribution >= 4 is 33.2 Å². The number of halogens is 2. The van der Waals surface area contributed by atoms with Gasteiger partial charge in [0.15, 0.2) is 0 Å². The minimum absolute atomic E-state index is 0.548. The summed E-state index contributed by atoms with van der Waals surface area (Å²) in [5.41, 5.74) is 1.81. The van der Waals surface area contributed by atoms with Crippen LogP contribution in [0.4, 0.5) is 5.69 Å². The Labute approximate surface area is 126 Å². The lowest BCUT2D eigenvalue weighted by Crippen LogP contribution is -2.08. The van der Waals surface area contributed by atoms with E-state index in [1.165, 1.54) is 0 Å². The number of aliphatic hydroxyl groups excluding tert-OH is 1. The Hall–Kier alpha value is -1.03. The second kappa shape index (κ2) is 6.94. The van der Waals surface area contributed by atoms with Crippen LogP contribution in [0.5, 0.6) is 0 Å². The molecule has 2 nitrogen and oxygen atoms in total. The molecule has 0 aromatic heterocycles. The molecule has 0 radical (unpaired) electrons. The van der Waals surface area contributed by atoms with Crippen molar-refractivity contribution in [2.45, 2.75) is 12.5 Å². The molecule has 2 rings (SSSR count). The van der Waals surface area contributed by atoms with E-state index in [9.17, 15) is 5.11 Å². The molecule has 0 heterocycles. The summed E-state index contributed by atoms with van der Waals surface area (Å²) in [5, 5.41) is 14.0. The van der Waals surface area contributed by atoms with Crippen molar-refractivity contribution in [3.05, 3.63) is 63.6 Å². The molecule has 0 amide bonds. The molecule has 2 aromatic rings. The molecule has 2 aromatic carbocycles. The first-order valence-electron chi connectivity index (χ1n) is 6.09. The van der Waals surface area contributed by atoms with Gasteiger partial charge in [0.05, 0.1) is 6.10 Å². The fraction of sp³-hybridized carbons (Fsp3) is 0.200. The molecule has 4 heteroatoms. The fourth-order valence-electron chi connectivity index (χ4n) is 1.85. The molecule has 0 saturated heterocycles. The zero-order valence-corrected chi connectivity index (χ0v) is 12.7. The van der Waals surface area contributed by atoms with Crippen LogP contribution in [0.2, 0.25) is 5.02 Å². The average molecular weight is 341 g/mol. The number of hydrogen-bond acceptors (Lipinski definition) is 2. The van der Waals surface area contributed by atoms with Gasteiger partial charge in [0.1, 0.15) is 0 Å². The number of anilines is 1. The number of hydrogen-bond donors (Lipinski definition) is 2. The van der Waals surface area contributed by atoms with Crippen LogP contribution in [0.3, 0.4) is 0 Å². The van der Waals surface area contributed by atoms with E-state index in [0.717, 1.165) is 15.7 Å². The van der Waals surface area contributed by atoms with Gasteiger partial charge < -0.3 is 10.4 Å². The van der Waals surface area contributed by atoms with Gasteiger partial charge in [-0.15, -0.1) is 0 Å². The lowest BCUT2D eigenvalue weighted by molar-refractivity contribution is 0.172. The van der Waals surface area contributed by atoms with Gasteiger partial charge in [0.2, 0.25) is 0 Å². The molecule has 0 bridgehead atoms. The number of aliphatic hydroxyl groups is 1. The van der Waals surface area contributed by atoms with Crippen LogP contribution in [0.1, 0.15) is 18.1 Å². The van der Waals surface area contributed by atoms with Gasteiger partial charge in [-0.1, -0.05) is 51.8 Å². The van der Waals surface area contributed by atoms with Crippen LogP contribution in [-0.2, 0) is 0 Å². The first-order valence-corrected chi connectivity index (χ1v) is 7.26. The van der Waals surface area contributed by atoms with Crippen molar-refractivity contribution in [3.63, 3.8) is 0 Å². The number of benzene rings is 2. The maximum absolute atomic E-state index is 10.1. The van der Waals surface area contributed by atoms with Crippen molar-refractivity contribution in [2.24, 2.45) is 0 Å². The van der Waals surface area contributed by atoms with E-state index in [1.54, 1.807) is 6.07 Å². The Bertz CT molecular complexity index is 547. The fourth-order valence-corrected chi connectivity index (χ4v) is 2.51. The van der Waals surface area contributed by atoms with Crippen molar-refractivity contribution in [2.75, 3.05) is 11.9 Å². The highest BCUT2D eigenvalue weighted by Crippen LogP contribution is 2.25. The Balaban J connectivity index is 1.88. The Morgan fingerprint density at radius 2 is 1.95 bits per heavy atom. The molecule has 0 saturated carbocycles. The highest BCUT2D eigenvalue weighted by molar-refractivity contribution is 9.10. The molecule has 19 heavy (non-hydrogen) atoms. The standard InChI is InChI=1S/C15H15BrClNO/c16-11-4-3-5-12(10-11)18-9-8-15(19)13-6-1-2-7-14(13)17/h1-7,10,15,18-19H,8-9H2. The lowest BCUT2D eigenvalue weighted by atomic mass is 10.1. The van der Waals surface area contributed by atoms with Crippen molar-refractivity contribution < 1.29 is 5.11 Å². The quantitative estimate of drug-likeness (QED) is 0.831. The normalized spacial score (nSPS) is 12.2. The van der Waals surface area contributed by atoms with Crippen molar-refractivity contribution in [3.8, 4) is 0 Å². The SMILES string of the molecule is OC(CCNc1cccc(Br)c1)c1ccccc1Cl. The third-order valence-corrected chi connectivity index (χ3v) is 3.67. The van der Waals surface area contributed by atoms with Gasteiger partial charge in [-0.2, -0.15) is 0 Å². The molecule has 0 aliphatic heterocycles. The molecule has 0 spiro atoms. The highest BCUT2D eigenvalue weighted by atomic mass is 79.9. The second-order valence-electron chi connectivity index (χ2n) is 4.26. The Morgan fingerprint density at radius 3 is 2.68 bits per heavy atom. The maximum atomic E-state index is 10.1. The summed E-state index contributed by atoms with van der Waals surface area (Å²) in [6, 6.07) is 15.3. The largest absolute Gasteiger partial charge is 0.388 e. The van der Waals surface area contributed by atoms with Crippen LogP contribution in [0.25, 0.3) is 0 Å². The van der Waals surface area contributed by atoms with Crippen LogP contribution < -0.4 is 5.32 Å². The lowest BCUT2D eigenvalue weighted by Gasteiger charge is -2.13. The second-order valence-corrected chi connectivity index (χ2v) is 5.59. The molecular weight excluding hydrogens is 326 g/mol. The van der Waals surface area contributed by atoms with Gasteiger partial charge in [-0.25, -0.2) is 0 Å². The number of rotatable bonds is 5. The average Bonchev–Trinajstić information content (AvgIpc) is 2.39. The summed E-state index contributed by atoms with van der Waals surface area (Å²) in [7, 11) is 0. The molecule has 0 aliphatic carbocycles. The summed E-state index contributed by atoms with van der Waals surface area (Å²) in [6.45, 7) is 0.683. The van der Waals surface area contributed by atoms with E-state index in [-0.39, 0.29) is 0 Å². The van der Waals surface area contributed by atoms with E-state index in [0.29, 0.717) is 18.0 Å². The third kappa shape index (κ3) is 4.23. The van der Waals surface area contributed by atoms with Gasteiger partial charge >= 0.3 is 0 Å². The summed E-state index contributed by atoms with van der Waals surface area (Å²) >= 11 is 9.47. The van der Waals surface area contributed by atoms with Gasteiger partial charge in [-0.05, 0) is 36.2 Å². The minimum Gasteiger partial charge on any atom is -0.388 e. The molecule has 0 fully saturated rings. The van der Waals surface area contributed by atoms with Gasteiger partial charge in [-0.3, -0.25) is 0 Å². The summed E-state index contributed by atoms with van der Waals surface area (Å²) in [5.74, 6) is 0. The van der Waals surface area contributed by atoms with E-state index >= 15 is 0 Å². The van der Waals surface area contributed by atoms with Crippen LogP contribution in [-0.4, -0.2) is 11.7 Å². The van der Waals surface area contributed by atoms with E-state index < -0.39 is 6.10 Å². The Morgan fingerprint density at radius 1 is 1.16 bits per heavy atom. The zero-order chi connectivity index (χ0) is 13.7. The third-order valence-electron chi connectivity index (χ3n) is 2.84. The first-order chi connectivity index (χ1) is 9.16.